The predicted octanol–water partition coefficient (Wildman–Crippen LogP) is 13.2. The van der Waals surface area contributed by atoms with E-state index in [0.717, 1.165) is 72.1 Å². The van der Waals surface area contributed by atoms with E-state index in [9.17, 15) is 25.5 Å². The zero-order chi connectivity index (χ0) is 38.1. The molecule has 0 bridgehead atoms. The van der Waals surface area contributed by atoms with E-state index >= 15 is 0 Å². The fourth-order valence-corrected chi connectivity index (χ4v) is 7.59. The molecule has 54 heavy (non-hydrogen) atoms. The van der Waals surface area contributed by atoms with E-state index < -0.39 is 28.7 Å². The summed E-state index contributed by atoms with van der Waals surface area (Å²) in [6.45, 7) is 8.15. The van der Waals surface area contributed by atoms with Gasteiger partial charge in [0, 0.05) is 0 Å². The number of benzene rings is 8. The summed E-state index contributed by atoms with van der Waals surface area (Å²) < 4.78 is 0. The normalized spacial score (nSPS) is 11.8. The molecule has 0 atom stereocenters. The highest BCUT2D eigenvalue weighted by molar-refractivity contribution is 6.23. The lowest BCUT2D eigenvalue weighted by Crippen LogP contribution is -1.93. The average Bonchev–Trinajstić information content (AvgIpc) is 3.22. The van der Waals surface area contributed by atoms with Crippen molar-refractivity contribution < 1.29 is 25.5 Å². The van der Waals surface area contributed by atoms with Gasteiger partial charge in [-0.1, -0.05) is 148 Å². The molecule has 0 saturated heterocycles. The van der Waals surface area contributed by atoms with Gasteiger partial charge in [-0.15, -0.1) is 0 Å². The zero-order valence-electron chi connectivity index (χ0n) is 30.7. The van der Waals surface area contributed by atoms with E-state index in [-0.39, 0.29) is 5.56 Å². The van der Waals surface area contributed by atoms with E-state index in [2.05, 4.69) is 104 Å². The van der Waals surface area contributed by atoms with Gasteiger partial charge in [-0.25, -0.2) is 0 Å². The first-order valence-electron chi connectivity index (χ1n) is 18.3. The maximum absolute atomic E-state index is 11.0. The minimum absolute atomic E-state index is 0.191. The number of aromatic hydroxyl groups is 5. The van der Waals surface area contributed by atoms with Crippen LogP contribution in [0.2, 0.25) is 0 Å². The van der Waals surface area contributed by atoms with Crippen LogP contribution >= 0.6 is 0 Å². The van der Waals surface area contributed by atoms with E-state index in [1.807, 2.05) is 57.2 Å². The highest BCUT2D eigenvalue weighted by Gasteiger charge is 2.25. The summed E-state index contributed by atoms with van der Waals surface area (Å²) in [4.78, 5) is 0. The fraction of sp³-hybridized carbons (Fsp3) is 0.102. The zero-order valence-corrected chi connectivity index (χ0v) is 30.7. The smallest absolute Gasteiger partial charge is 0.208 e. The van der Waals surface area contributed by atoms with Crippen molar-refractivity contribution in [3.63, 3.8) is 0 Å². The topological polar surface area (TPSA) is 101 Å². The van der Waals surface area contributed by atoms with Gasteiger partial charge in [0.1, 0.15) is 0 Å². The van der Waals surface area contributed by atoms with Gasteiger partial charge in [-0.2, -0.15) is 0 Å². The van der Waals surface area contributed by atoms with Crippen LogP contribution in [0.1, 0.15) is 39.7 Å². The Bertz CT molecular complexity index is 2740. The molecule has 0 radical (unpaired) electrons. The molecule has 5 nitrogen and oxygen atoms in total. The van der Waals surface area contributed by atoms with Gasteiger partial charge < -0.3 is 25.5 Å². The lowest BCUT2D eigenvalue weighted by Gasteiger charge is -2.20. The number of rotatable bonds is 6. The summed E-state index contributed by atoms with van der Waals surface area (Å²) >= 11 is 0. The van der Waals surface area contributed by atoms with Crippen molar-refractivity contribution in [2.24, 2.45) is 0 Å². The number of phenols is 5. The largest absolute Gasteiger partial charge is 0.504 e. The number of fused-ring (bicyclic) bond motifs is 5. The fourth-order valence-electron chi connectivity index (χ4n) is 7.59. The Kier molecular flexibility index (Phi) is 9.73. The molecule has 5 heteroatoms. The van der Waals surface area contributed by atoms with Crippen LogP contribution in [-0.4, -0.2) is 25.5 Å². The molecule has 0 aromatic heterocycles. The Balaban J connectivity index is 0.00000221. The van der Waals surface area contributed by atoms with Gasteiger partial charge in [-0.3, -0.25) is 0 Å². The van der Waals surface area contributed by atoms with Crippen molar-refractivity contribution in [1.82, 2.24) is 0 Å². The van der Waals surface area contributed by atoms with Crippen molar-refractivity contribution in [3.8, 4) is 62.1 Å². The van der Waals surface area contributed by atoms with Gasteiger partial charge in [-0.05, 0) is 108 Å². The SMILES string of the molecule is C/C=C\C(=C/CC)c1ccc(-c2c3ccccc3c(-c3ccc4c(ccc5ccccc54)c3)c3cc(-c4c(O)c(O)c(O)c(O)c4O)ccc23)cc1.CC. The van der Waals surface area contributed by atoms with Crippen molar-refractivity contribution >= 4 is 48.7 Å². The van der Waals surface area contributed by atoms with Crippen LogP contribution in [0.5, 0.6) is 28.7 Å². The molecule has 8 rings (SSSR count). The van der Waals surface area contributed by atoms with Crippen LogP contribution in [0, 0.1) is 0 Å². The Morgan fingerprint density at radius 1 is 0.463 bits per heavy atom. The molecule has 268 valence electrons. The van der Waals surface area contributed by atoms with Crippen molar-refractivity contribution in [2.75, 3.05) is 0 Å². The summed E-state index contributed by atoms with van der Waals surface area (Å²) in [5.74, 6) is -4.30. The monoisotopic (exact) mass is 710 g/mol. The van der Waals surface area contributed by atoms with Crippen LogP contribution < -0.4 is 0 Å². The maximum Gasteiger partial charge on any atom is 0.208 e. The summed E-state index contributed by atoms with van der Waals surface area (Å²) in [5.41, 5.74) is 6.42. The predicted molar refractivity (Wildman–Crippen MR) is 226 cm³/mol. The standard InChI is InChI=1S/C47H36O5.C2H6/c1-3-9-27(10-4-2)28-15-18-30(19-16-28)40-36-13-7-8-14-37(36)41(32-21-23-35-31(25-32)20-17-29-11-5-6-12-34(29)35)39-26-33(22-24-38(39)40)42-43(48)45(50)47(52)46(51)44(42)49;1-2/h3,5-26,48-52H,4H2,1-2H3;1-2H3/b9-3-,27-10+;. The van der Waals surface area contributed by atoms with E-state index in [1.54, 1.807) is 6.07 Å². The molecular formula is C49H42O5. The second kappa shape index (κ2) is 14.7. The maximum atomic E-state index is 11.0. The lowest BCUT2D eigenvalue weighted by molar-refractivity contribution is 0.330. The summed E-state index contributed by atoms with van der Waals surface area (Å²) in [6, 6.07) is 41.5. The van der Waals surface area contributed by atoms with Crippen LogP contribution in [0.3, 0.4) is 0 Å². The Morgan fingerprint density at radius 3 is 1.57 bits per heavy atom. The highest BCUT2D eigenvalue weighted by atomic mass is 16.4. The molecular weight excluding hydrogens is 669 g/mol. The third kappa shape index (κ3) is 5.94. The van der Waals surface area contributed by atoms with Gasteiger partial charge in [0.05, 0.1) is 5.56 Å². The van der Waals surface area contributed by atoms with Crippen LogP contribution in [-0.2, 0) is 0 Å². The number of hydrogen-bond donors (Lipinski definition) is 5. The first-order valence-corrected chi connectivity index (χ1v) is 18.3. The highest BCUT2D eigenvalue weighted by Crippen LogP contribution is 2.55. The number of allylic oxidation sites excluding steroid dienone is 4. The van der Waals surface area contributed by atoms with Crippen LogP contribution in [0.4, 0.5) is 0 Å². The van der Waals surface area contributed by atoms with E-state index in [1.165, 1.54) is 10.8 Å². The summed E-state index contributed by atoms with van der Waals surface area (Å²) in [7, 11) is 0. The molecule has 8 aromatic carbocycles. The third-order valence-corrected chi connectivity index (χ3v) is 9.99. The number of phenolic OH excluding ortho intramolecular Hbond substituents is 5. The number of hydrogen-bond acceptors (Lipinski definition) is 5. The first-order chi connectivity index (χ1) is 26.3. The third-order valence-electron chi connectivity index (χ3n) is 9.99. The molecule has 0 aliphatic carbocycles. The molecule has 0 aliphatic rings. The minimum atomic E-state index is -0.994. The molecule has 0 spiro atoms. The minimum Gasteiger partial charge on any atom is -0.504 e. The summed E-state index contributed by atoms with van der Waals surface area (Å²) in [6.07, 6.45) is 7.31. The van der Waals surface area contributed by atoms with Crippen molar-refractivity contribution in [3.05, 3.63) is 145 Å². The second-order valence-corrected chi connectivity index (χ2v) is 13.0. The van der Waals surface area contributed by atoms with Gasteiger partial charge in [0.2, 0.25) is 17.2 Å². The van der Waals surface area contributed by atoms with E-state index in [0.29, 0.717) is 5.56 Å². The molecule has 8 aromatic rings. The van der Waals surface area contributed by atoms with Gasteiger partial charge in [0.15, 0.2) is 11.5 Å². The Hall–Kier alpha value is -6.72. The van der Waals surface area contributed by atoms with Gasteiger partial charge >= 0.3 is 0 Å². The Labute approximate surface area is 314 Å². The second-order valence-electron chi connectivity index (χ2n) is 13.0. The van der Waals surface area contributed by atoms with E-state index in [4.69, 9.17) is 0 Å². The molecule has 0 aliphatic heterocycles. The molecule has 0 fully saturated rings. The molecule has 5 N–H and O–H groups in total. The molecule has 0 unspecified atom stereocenters. The lowest BCUT2D eigenvalue weighted by atomic mass is 9.84. The quantitative estimate of drug-likeness (QED) is 0.0389. The molecule has 0 amide bonds. The molecule has 0 heterocycles. The Morgan fingerprint density at radius 2 is 0.944 bits per heavy atom. The molecule has 0 saturated carbocycles. The summed E-state index contributed by atoms with van der Waals surface area (Å²) in [5, 5.41) is 61.4. The van der Waals surface area contributed by atoms with Crippen LogP contribution in [0.25, 0.3) is 82.0 Å². The van der Waals surface area contributed by atoms with Crippen molar-refractivity contribution in [1.29, 1.82) is 0 Å². The van der Waals surface area contributed by atoms with Crippen LogP contribution in [0.15, 0.2) is 140 Å². The first kappa shape index (κ1) is 35.7. The average molecular weight is 711 g/mol. The van der Waals surface area contributed by atoms with Crippen molar-refractivity contribution in [2.45, 2.75) is 34.1 Å². The van der Waals surface area contributed by atoms with Gasteiger partial charge in [0.25, 0.3) is 0 Å².